The van der Waals surface area contributed by atoms with Crippen molar-refractivity contribution in [2.75, 3.05) is 12.3 Å². The van der Waals surface area contributed by atoms with Gasteiger partial charge in [-0.1, -0.05) is 78.5 Å². The Hall–Kier alpha value is -2.35. The molecule has 1 saturated carbocycles. The van der Waals surface area contributed by atoms with Crippen LogP contribution < -0.4 is 5.32 Å². The molecule has 190 valence electrons. The number of Topliss-reactive ketones (excluding diaryl/α,β-unsaturated/α-hetero) is 1. The molecule has 3 aromatic rings. The molecule has 9 heteroatoms. The Morgan fingerprint density at radius 2 is 1.72 bits per heavy atom. The van der Waals surface area contributed by atoms with Gasteiger partial charge in [0.2, 0.25) is 5.91 Å². The standard InChI is InChI=1S/C27H30Cl2N4O2S/c1-18(34)30-13-5-8-26-31-32-27(33(26)24-15-22(28)14-23(29)16-24)36-17-25(35)21-11-9-20(10-12-21)19-6-3-2-4-7-19/h9-12,14-16,19H,2-8,13,17H2,1H3,(H,30,34). The molecule has 6 nitrogen and oxygen atoms in total. The fraction of sp³-hybridized carbons (Fsp3) is 0.407. The third kappa shape index (κ3) is 7.11. The van der Waals surface area contributed by atoms with E-state index in [0.717, 1.165) is 5.69 Å². The third-order valence-electron chi connectivity index (χ3n) is 6.40. The number of hydrogen-bond acceptors (Lipinski definition) is 5. The Labute approximate surface area is 226 Å². The second kappa shape index (κ2) is 12.7. The molecule has 0 saturated heterocycles. The molecule has 1 amide bonds. The van der Waals surface area contributed by atoms with E-state index in [-0.39, 0.29) is 17.4 Å². The number of amides is 1. The van der Waals surface area contributed by atoms with Gasteiger partial charge in [-0.3, -0.25) is 14.2 Å². The number of halogens is 2. The van der Waals surface area contributed by atoms with Crippen molar-refractivity contribution in [3.63, 3.8) is 0 Å². The van der Waals surface area contributed by atoms with Crippen LogP contribution in [0.4, 0.5) is 0 Å². The fourth-order valence-electron chi connectivity index (χ4n) is 4.58. The third-order valence-corrected chi connectivity index (χ3v) is 7.76. The Bertz CT molecular complexity index is 1190. The lowest BCUT2D eigenvalue weighted by Crippen LogP contribution is -2.21. The number of carbonyl (C=O) groups excluding carboxylic acids is 2. The van der Waals surface area contributed by atoms with E-state index < -0.39 is 0 Å². The molecule has 0 aliphatic heterocycles. The van der Waals surface area contributed by atoms with E-state index in [0.29, 0.717) is 51.9 Å². The van der Waals surface area contributed by atoms with Crippen LogP contribution >= 0.6 is 35.0 Å². The molecule has 0 bridgehead atoms. The van der Waals surface area contributed by atoms with Gasteiger partial charge in [-0.05, 0) is 48.9 Å². The summed E-state index contributed by atoms with van der Waals surface area (Å²) in [6.45, 7) is 2.03. The normalized spacial score (nSPS) is 14.1. The zero-order chi connectivity index (χ0) is 25.5. The van der Waals surface area contributed by atoms with Gasteiger partial charge in [0, 0.05) is 35.5 Å². The smallest absolute Gasteiger partial charge is 0.216 e. The van der Waals surface area contributed by atoms with Gasteiger partial charge in [0.25, 0.3) is 0 Å². The molecule has 1 aliphatic carbocycles. The van der Waals surface area contributed by atoms with Crippen molar-refractivity contribution in [3.8, 4) is 5.69 Å². The Morgan fingerprint density at radius 3 is 2.39 bits per heavy atom. The summed E-state index contributed by atoms with van der Waals surface area (Å²) < 4.78 is 1.88. The van der Waals surface area contributed by atoms with Gasteiger partial charge in [0.1, 0.15) is 5.82 Å². The highest BCUT2D eigenvalue weighted by Gasteiger charge is 2.19. The summed E-state index contributed by atoms with van der Waals surface area (Å²) in [6, 6.07) is 13.4. The van der Waals surface area contributed by atoms with E-state index in [2.05, 4.69) is 27.6 Å². The van der Waals surface area contributed by atoms with Crippen LogP contribution in [0.25, 0.3) is 5.69 Å². The second-order valence-corrected chi connectivity index (χ2v) is 10.9. The van der Waals surface area contributed by atoms with Crippen molar-refractivity contribution in [1.82, 2.24) is 20.1 Å². The van der Waals surface area contributed by atoms with Crippen LogP contribution in [-0.4, -0.2) is 38.8 Å². The number of ketones is 1. The number of nitrogens with one attached hydrogen (secondary N) is 1. The van der Waals surface area contributed by atoms with Gasteiger partial charge >= 0.3 is 0 Å². The van der Waals surface area contributed by atoms with Gasteiger partial charge in [0.15, 0.2) is 10.9 Å². The summed E-state index contributed by atoms with van der Waals surface area (Å²) in [7, 11) is 0. The van der Waals surface area contributed by atoms with Gasteiger partial charge in [0.05, 0.1) is 11.4 Å². The van der Waals surface area contributed by atoms with Crippen LogP contribution in [0.5, 0.6) is 0 Å². The van der Waals surface area contributed by atoms with E-state index in [9.17, 15) is 9.59 Å². The van der Waals surface area contributed by atoms with Crippen molar-refractivity contribution in [1.29, 1.82) is 0 Å². The van der Waals surface area contributed by atoms with Crippen LogP contribution in [-0.2, 0) is 11.2 Å². The van der Waals surface area contributed by atoms with E-state index in [1.165, 1.54) is 56.4 Å². The van der Waals surface area contributed by atoms with Crippen LogP contribution in [0.15, 0.2) is 47.6 Å². The number of benzene rings is 2. The predicted octanol–water partition coefficient (Wildman–Crippen LogP) is 6.67. The summed E-state index contributed by atoms with van der Waals surface area (Å²) in [5.74, 6) is 1.54. The van der Waals surface area contributed by atoms with Crippen LogP contribution in [0.2, 0.25) is 10.0 Å². The molecule has 2 aromatic carbocycles. The van der Waals surface area contributed by atoms with Crippen molar-refractivity contribution in [3.05, 3.63) is 69.5 Å². The lowest BCUT2D eigenvalue weighted by molar-refractivity contribution is -0.118. The number of hydrogen-bond donors (Lipinski definition) is 1. The van der Waals surface area contributed by atoms with Crippen molar-refractivity contribution >= 4 is 46.7 Å². The quantitative estimate of drug-likeness (QED) is 0.175. The minimum atomic E-state index is -0.0698. The highest BCUT2D eigenvalue weighted by Crippen LogP contribution is 2.33. The summed E-state index contributed by atoms with van der Waals surface area (Å²) >= 11 is 13.9. The van der Waals surface area contributed by atoms with E-state index in [4.69, 9.17) is 23.2 Å². The van der Waals surface area contributed by atoms with Gasteiger partial charge in [-0.25, -0.2) is 0 Å². The molecule has 1 aliphatic rings. The highest BCUT2D eigenvalue weighted by atomic mass is 35.5. The van der Waals surface area contributed by atoms with Crippen molar-refractivity contribution in [2.45, 2.75) is 62.9 Å². The topological polar surface area (TPSA) is 76.9 Å². The molecule has 0 atom stereocenters. The van der Waals surface area contributed by atoms with Crippen molar-refractivity contribution in [2.24, 2.45) is 0 Å². The first-order valence-electron chi connectivity index (χ1n) is 12.3. The molecule has 0 radical (unpaired) electrons. The Balaban J connectivity index is 1.47. The van der Waals surface area contributed by atoms with E-state index >= 15 is 0 Å². The molecule has 1 aromatic heterocycles. The molecule has 1 heterocycles. The number of thioether (sulfide) groups is 1. The Morgan fingerprint density at radius 1 is 1.03 bits per heavy atom. The molecule has 0 spiro atoms. The summed E-state index contributed by atoms with van der Waals surface area (Å²) in [5.41, 5.74) is 2.77. The van der Waals surface area contributed by atoms with Crippen LogP contribution in [0, 0.1) is 0 Å². The molecule has 0 unspecified atom stereocenters. The fourth-order valence-corrected chi connectivity index (χ4v) is 5.96. The highest BCUT2D eigenvalue weighted by molar-refractivity contribution is 7.99. The first-order chi connectivity index (χ1) is 17.4. The van der Waals surface area contributed by atoms with Gasteiger partial charge in [-0.2, -0.15) is 0 Å². The average molecular weight is 546 g/mol. The number of carbonyl (C=O) groups is 2. The molecule has 4 rings (SSSR count). The average Bonchev–Trinajstić information content (AvgIpc) is 3.28. The van der Waals surface area contributed by atoms with Crippen LogP contribution in [0.3, 0.4) is 0 Å². The van der Waals surface area contributed by atoms with Gasteiger partial charge < -0.3 is 5.32 Å². The SMILES string of the molecule is CC(=O)NCCCc1nnc(SCC(=O)c2ccc(C3CCCCC3)cc2)n1-c1cc(Cl)cc(Cl)c1. The maximum Gasteiger partial charge on any atom is 0.216 e. The number of aromatic nitrogens is 3. The largest absolute Gasteiger partial charge is 0.356 e. The maximum absolute atomic E-state index is 13.0. The number of aryl methyl sites for hydroxylation is 1. The molecule has 36 heavy (non-hydrogen) atoms. The van der Waals surface area contributed by atoms with E-state index in [1.54, 1.807) is 18.2 Å². The minimum Gasteiger partial charge on any atom is -0.356 e. The first kappa shape index (κ1) is 26.7. The summed E-state index contributed by atoms with van der Waals surface area (Å²) in [4.78, 5) is 24.2. The van der Waals surface area contributed by atoms with E-state index in [1.807, 2.05) is 16.7 Å². The zero-order valence-electron chi connectivity index (χ0n) is 20.3. The molecule has 1 N–H and O–H groups in total. The number of nitrogens with zero attached hydrogens (tertiary/aromatic N) is 3. The molecular weight excluding hydrogens is 515 g/mol. The lowest BCUT2D eigenvalue weighted by atomic mass is 9.84. The summed E-state index contributed by atoms with van der Waals surface area (Å²) in [5, 5.41) is 13.1. The predicted molar refractivity (Wildman–Crippen MR) is 146 cm³/mol. The Kier molecular flexibility index (Phi) is 9.46. The zero-order valence-corrected chi connectivity index (χ0v) is 22.6. The maximum atomic E-state index is 13.0. The first-order valence-corrected chi connectivity index (χ1v) is 14.1. The van der Waals surface area contributed by atoms with Crippen LogP contribution in [0.1, 0.15) is 73.1 Å². The minimum absolute atomic E-state index is 0.0427. The number of rotatable bonds is 10. The molecular formula is C27H30Cl2N4O2S. The molecule has 1 fully saturated rings. The van der Waals surface area contributed by atoms with Gasteiger partial charge in [-0.15, -0.1) is 10.2 Å². The summed E-state index contributed by atoms with van der Waals surface area (Å²) in [6.07, 6.45) is 7.66. The monoisotopic (exact) mass is 544 g/mol. The lowest BCUT2D eigenvalue weighted by Gasteiger charge is -2.22. The second-order valence-electron chi connectivity index (χ2n) is 9.12. The van der Waals surface area contributed by atoms with Crippen molar-refractivity contribution < 1.29 is 9.59 Å².